The molecule has 0 aliphatic heterocycles. The third-order valence-corrected chi connectivity index (χ3v) is 4.50. The van der Waals surface area contributed by atoms with Crippen LogP contribution < -0.4 is 0 Å². The van der Waals surface area contributed by atoms with Crippen molar-refractivity contribution in [2.24, 2.45) is 0 Å². The molecule has 0 amide bonds. The van der Waals surface area contributed by atoms with E-state index in [2.05, 4.69) is 59.3 Å². The summed E-state index contributed by atoms with van der Waals surface area (Å²) in [7, 11) is 0. The topological polar surface area (TPSA) is 0 Å². The summed E-state index contributed by atoms with van der Waals surface area (Å²) in [5, 5.41) is 0. The first-order valence-electron chi connectivity index (χ1n) is 7.18. The molecule has 0 saturated carbocycles. The minimum Gasteiger partial charge on any atom is -0.0654 e. The predicted molar refractivity (Wildman–Crippen MR) is 85.6 cm³/mol. The van der Waals surface area contributed by atoms with E-state index < -0.39 is 0 Å². The fraction of sp³-hybridized carbons (Fsp3) is 0.333. The van der Waals surface area contributed by atoms with E-state index in [0.717, 1.165) is 0 Å². The van der Waals surface area contributed by atoms with E-state index in [4.69, 9.17) is 0 Å². The second-order valence-corrected chi connectivity index (χ2v) is 6.31. The summed E-state index contributed by atoms with van der Waals surface area (Å²) in [5.41, 5.74) is 7.37. The van der Waals surface area contributed by atoms with Gasteiger partial charge in [0.05, 0.1) is 0 Å². The van der Waals surface area contributed by atoms with Crippen molar-refractivity contribution in [1.82, 2.24) is 0 Å². The van der Waals surface area contributed by atoms with Crippen LogP contribution in [0.3, 0.4) is 0 Å². The second-order valence-electron chi connectivity index (χ2n) is 5.40. The first-order chi connectivity index (χ1) is 9.28. The molecule has 0 atom stereocenters. The lowest BCUT2D eigenvalue weighted by Gasteiger charge is -2.21. The Morgan fingerprint density at radius 3 is 2.37 bits per heavy atom. The standard InChI is InChI=1S/C18H19Br/c1-2-3-4-13-5-9-17-14(11-13)6-7-15-12-16(19)8-10-18(15)17/h5,8-12H,2-4,6-7H2,1H3. The summed E-state index contributed by atoms with van der Waals surface area (Å²) in [5.74, 6) is 0. The van der Waals surface area contributed by atoms with Crippen LogP contribution in [0.5, 0.6) is 0 Å². The Bertz CT molecular complexity index is 599. The van der Waals surface area contributed by atoms with Crippen LogP contribution in [0.2, 0.25) is 0 Å². The summed E-state index contributed by atoms with van der Waals surface area (Å²) >= 11 is 3.57. The largest absolute Gasteiger partial charge is 0.0654 e. The molecule has 1 aliphatic rings. The molecule has 0 N–H and O–H groups in total. The fourth-order valence-electron chi connectivity index (χ4n) is 2.95. The highest BCUT2D eigenvalue weighted by molar-refractivity contribution is 9.10. The number of unbranched alkanes of at least 4 members (excludes halogenated alkanes) is 1. The van der Waals surface area contributed by atoms with Gasteiger partial charge in [-0.3, -0.25) is 0 Å². The van der Waals surface area contributed by atoms with Gasteiger partial charge >= 0.3 is 0 Å². The Hall–Kier alpha value is -1.08. The average Bonchev–Trinajstić information content (AvgIpc) is 2.44. The van der Waals surface area contributed by atoms with E-state index >= 15 is 0 Å². The highest BCUT2D eigenvalue weighted by Crippen LogP contribution is 2.35. The summed E-state index contributed by atoms with van der Waals surface area (Å²) in [4.78, 5) is 0. The molecule has 19 heavy (non-hydrogen) atoms. The molecule has 0 fully saturated rings. The maximum absolute atomic E-state index is 3.57. The molecule has 0 spiro atoms. The van der Waals surface area contributed by atoms with E-state index in [9.17, 15) is 0 Å². The molecule has 0 saturated heterocycles. The number of halogens is 1. The lowest BCUT2D eigenvalue weighted by Crippen LogP contribution is -2.04. The molecule has 2 aromatic carbocycles. The van der Waals surface area contributed by atoms with Crippen molar-refractivity contribution in [3.63, 3.8) is 0 Å². The van der Waals surface area contributed by atoms with Crippen LogP contribution >= 0.6 is 15.9 Å². The fourth-order valence-corrected chi connectivity index (χ4v) is 3.36. The van der Waals surface area contributed by atoms with E-state index in [1.807, 2.05) is 0 Å². The maximum Gasteiger partial charge on any atom is 0.0178 e. The van der Waals surface area contributed by atoms with Crippen LogP contribution in [0.25, 0.3) is 11.1 Å². The Kier molecular flexibility index (Phi) is 3.74. The zero-order valence-electron chi connectivity index (χ0n) is 11.4. The minimum absolute atomic E-state index is 1.17. The van der Waals surface area contributed by atoms with E-state index in [-0.39, 0.29) is 0 Å². The minimum atomic E-state index is 1.17. The molecule has 3 rings (SSSR count). The van der Waals surface area contributed by atoms with Crippen LogP contribution in [0.15, 0.2) is 40.9 Å². The van der Waals surface area contributed by atoms with Crippen molar-refractivity contribution in [3.05, 3.63) is 57.6 Å². The first-order valence-corrected chi connectivity index (χ1v) is 7.98. The molecule has 0 nitrogen and oxygen atoms in total. The van der Waals surface area contributed by atoms with Gasteiger partial charge in [-0.05, 0) is 65.6 Å². The molecule has 0 heterocycles. The van der Waals surface area contributed by atoms with Gasteiger partial charge in [-0.1, -0.05) is 53.5 Å². The van der Waals surface area contributed by atoms with Gasteiger partial charge < -0.3 is 0 Å². The van der Waals surface area contributed by atoms with Gasteiger partial charge in [-0.15, -0.1) is 0 Å². The molecular formula is C18H19Br. The normalized spacial score (nSPS) is 12.9. The molecule has 0 unspecified atom stereocenters. The van der Waals surface area contributed by atoms with Crippen molar-refractivity contribution >= 4 is 15.9 Å². The molecule has 0 radical (unpaired) electrons. The summed E-state index contributed by atoms with van der Waals surface area (Å²) in [6.07, 6.45) is 6.13. The number of rotatable bonds is 3. The van der Waals surface area contributed by atoms with Crippen molar-refractivity contribution in [1.29, 1.82) is 0 Å². The van der Waals surface area contributed by atoms with Gasteiger partial charge in [0.1, 0.15) is 0 Å². The Morgan fingerprint density at radius 2 is 1.63 bits per heavy atom. The number of hydrogen-bond acceptors (Lipinski definition) is 0. The van der Waals surface area contributed by atoms with Crippen LogP contribution in [-0.4, -0.2) is 0 Å². The highest BCUT2D eigenvalue weighted by Gasteiger charge is 2.16. The number of aryl methyl sites for hydroxylation is 3. The first kappa shape index (κ1) is 12.9. The van der Waals surface area contributed by atoms with Crippen molar-refractivity contribution in [2.75, 3.05) is 0 Å². The smallest absolute Gasteiger partial charge is 0.0178 e. The third-order valence-electron chi connectivity index (χ3n) is 4.01. The summed E-state index contributed by atoms with van der Waals surface area (Å²) < 4.78 is 1.19. The van der Waals surface area contributed by atoms with Gasteiger partial charge in [0, 0.05) is 4.47 Å². The molecule has 2 aromatic rings. The van der Waals surface area contributed by atoms with Gasteiger partial charge in [0.2, 0.25) is 0 Å². The van der Waals surface area contributed by atoms with Crippen molar-refractivity contribution < 1.29 is 0 Å². The zero-order chi connectivity index (χ0) is 13.2. The maximum atomic E-state index is 3.57. The number of fused-ring (bicyclic) bond motifs is 3. The Balaban J connectivity index is 1.98. The van der Waals surface area contributed by atoms with Gasteiger partial charge in [0.25, 0.3) is 0 Å². The van der Waals surface area contributed by atoms with Gasteiger partial charge in [-0.2, -0.15) is 0 Å². The second kappa shape index (κ2) is 5.50. The van der Waals surface area contributed by atoms with E-state index in [0.29, 0.717) is 0 Å². The van der Waals surface area contributed by atoms with Crippen molar-refractivity contribution in [3.8, 4) is 11.1 Å². The third kappa shape index (κ3) is 2.62. The monoisotopic (exact) mass is 314 g/mol. The predicted octanol–water partition coefficient (Wildman–Crippen LogP) is 5.56. The van der Waals surface area contributed by atoms with E-state index in [1.54, 1.807) is 0 Å². The lowest BCUT2D eigenvalue weighted by molar-refractivity contribution is 0.792. The highest BCUT2D eigenvalue weighted by atomic mass is 79.9. The molecule has 0 aromatic heterocycles. The molecule has 1 aliphatic carbocycles. The summed E-state index contributed by atoms with van der Waals surface area (Å²) in [6, 6.07) is 13.7. The average molecular weight is 315 g/mol. The van der Waals surface area contributed by atoms with Gasteiger partial charge in [0.15, 0.2) is 0 Å². The number of hydrogen-bond donors (Lipinski definition) is 0. The number of benzene rings is 2. The van der Waals surface area contributed by atoms with Crippen LogP contribution in [0.1, 0.15) is 36.5 Å². The molecular weight excluding hydrogens is 296 g/mol. The molecule has 0 bridgehead atoms. The van der Waals surface area contributed by atoms with E-state index in [1.165, 1.54) is 64.4 Å². The molecule has 1 heteroatoms. The molecule has 98 valence electrons. The zero-order valence-corrected chi connectivity index (χ0v) is 13.0. The van der Waals surface area contributed by atoms with Crippen LogP contribution in [0.4, 0.5) is 0 Å². The van der Waals surface area contributed by atoms with Crippen molar-refractivity contribution in [2.45, 2.75) is 39.0 Å². The van der Waals surface area contributed by atoms with Crippen LogP contribution in [0, 0.1) is 0 Å². The SMILES string of the molecule is CCCCc1ccc2c(c1)CCc1cc(Br)ccc1-2. The lowest BCUT2D eigenvalue weighted by atomic mass is 9.84. The van der Waals surface area contributed by atoms with Crippen LogP contribution in [-0.2, 0) is 19.3 Å². The summed E-state index contributed by atoms with van der Waals surface area (Å²) in [6.45, 7) is 2.26. The van der Waals surface area contributed by atoms with Gasteiger partial charge in [-0.25, -0.2) is 0 Å². The Labute approximate surface area is 124 Å². The quantitative estimate of drug-likeness (QED) is 0.696. The Morgan fingerprint density at radius 1 is 0.947 bits per heavy atom.